The van der Waals surface area contributed by atoms with Crippen LogP contribution in [0.5, 0.6) is 11.6 Å². The number of rotatable bonds is 10. The summed E-state index contributed by atoms with van der Waals surface area (Å²) in [7, 11) is 0. The minimum atomic E-state index is 0.0171. The van der Waals surface area contributed by atoms with Crippen molar-refractivity contribution in [3.8, 4) is 22.9 Å². The van der Waals surface area contributed by atoms with Gasteiger partial charge in [0.25, 0.3) is 0 Å². The van der Waals surface area contributed by atoms with Crippen LogP contribution in [0.3, 0.4) is 0 Å². The first-order valence-corrected chi connectivity index (χ1v) is 16.3. The number of benzene rings is 1. The summed E-state index contributed by atoms with van der Waals surface area (Å²) in [5.41, 5.74) is 2.55. The molecule has 45 heavy (non-hydrogen) atoms. The Morgan fingerprint density at radius 1 is 0.956 bits per heavy atom. The molecule has 12 heteroatoms. The third kappa shape index (κ3) is 9.51. The Kier molecular flexibility index (Phi) is 11.1. The number of halogens is 2. The van der Waals surface area contributed by atoms with Gasteiger partial charge in [-0.1, -0.05) is 37.0 Å². The molecule has 0 radical (unpaired) electrons. The molecule has 2 aliphatic rings. The second kappa shape index (κ2) is 15.2. The number of piperazine rings is 1. The number of hydrogen-bond acceptors (Lipinski definition) is 8. The summed E-state index contributed by atoms with van der Waals surface area (Å²) in [5, 5.41) is 4.01. The number of hydrogen-bond donors (Lipinski definition) is 1. The third-order valence-electron chi connectivity index (χ3n) is 8.11. The van der Waals surface area contributed by atoms with Crippen molar-refractivity contribution in [2.75, 3.05) is 50.7 Å². The van der Waals surface area contributed by atoms with E-state index in [1.807, 2.05) is 29.2 Å². The lowest BCUT2D eigenvalue weighted by molar-refractivity contribution is -0.132. The normalized spacial score (nSPS) is 16.2. The van der Waals surface area contributed by atoms with E-state index in [2.05, 4.69) is 38.9 Å². The average molecular weight is 655 g/mol. The van der Waals surface area contributed by atoms with E-state index in [1.54, 1.807) is 25.4 Å². The summed E-state index contributed by atoms with van der Waals surface area (Å²) in [6.45, 7) is 11.7. The Labute approximate surface area is 275 Å². The minimum absolute atomic E-state index is 0.0171. The first-order chi connectivity index (χ1) is 21.6. The number of aromatic nitrogens is 3. The van der Waals surface area contributed by atoms with Crippen LogP contribution >= 0.6 is 23.2 Å². The zero-order valence-electron chi connectivity index (χ0n) is 26.1. The Morgan fingerprint density at radius 2 is 1.62 bits per heavy atom. The fourth-order valence-corrected chi connectivity index (χ4v) is 6.25. The summed E-state index contributed by atoms with van der Waals surface area (Å²) < 4.78 is 6.20. The number of nitrogens with zero attached hydrogens (tertiary/aromatic N) is 6. The van der Waals surface area contributed by atoms with E-state index >= 15 is 0 Å². The van der Waals surface area contributed by atoms with Crippen molar-refractivity contribution in [2.45, 2.75) is 46.6 Å². The number of likely N-dealkylation sites (tertiary alicyclic amines) is 1. The predicted octanol–water partition coefficient (Wildman–Crippen LogP) is 5.68. The van der Waals surface area contributed by atoms with E-state index < -0.39 is 0 Å². The van der Waals surface area contributed by atoms with Crippen LogP contribution in [0.2, 0.25) is 10.0 Å². The van der Waals surface area contributed by atoms with Crippen LogP contribution in [-0.4, -0.2) is 82.4 Å². The van der Waals surface area contributed by atoms with Crippen LogP contribution in [0.15, 0.2) is 42.7 Å². The first kappa shape index (κ1) is 32.9. The quantitative estimate of drug-likeness (QED) is 0.298. The number of piperidine rings is 1. The number of amides is 2. The Morgan fingerprint density at radius 3 is 2.24 bits per heavy atom. The van der Waals surface area contributed by atoms with Gasteiger partial charge >= 0.3 is 0 Å². The third-order valence-corrected chi connectivity index (χ3v) is 8.54. The van der Waals surface area contributed by atoms with Crippen molar-refractivity contribution < 1.29 is 14.3 Å². The molecule has 0 bridgehead atoms. The standard InChI is InChI=1S/C33H41Cl2N7O3/c1-22(2)12-32(44)41-8-10-42(11-9-41)33-37-19-29(20-38-33)45-31-14-25(13-30(39-31)26-15-27(34)17-28(35)16-26)21-40-6-4-24(5-7-40)18-36-23(3)43/h13-17,19-20,22,24H,4-12,18,21H2,1-3H3,(H,36,43). The summed E-state index contributed by atoms with van der Waals surface area (Å²) in [6, 6.07) is 9.36. The number of ether oxygens (including phenoxy) is 1. The zero-order chi connectivity index (χ0) is 31.9. The molecule has 1 N–H and O–H groups in total. The van der Waals surface area contributed by atoms with E-state index in [0.29, 0.717) is 77.8 Å². The second-order valence-electron chi connectivity index (χ2n) is 12.3. The molecular formula is C33H41Cl2N7O3. The second-order valence-corrected chi connectivity index (χ2v) is 13.2. The van der Waals surface area contributed by atoms with Gasteiger partial charge in [0.2, 0.25) is 23.6 Å². The number of anilines is 1. The lowest BCUT2D eigenvalue weighted by Crippen LogP contribution is -2.49. The van der Waals surface area contributed by atoms with Crippen molar-refractivity contribution in [3.05, 3.63) is 58.3 Å². The highest BCUT2D eigenvalue weighted by molar-refractivity contribution is 6.35. The smallest absolute Gasteiger partial charge is 0.225 e. The van der Waals surface area contributed by atoms with Gasteiger partial charge in [0.05, 0.1) is 18.1 Å². The van der Waals surface area contributed by atoms with Crippen molar-refractivity contribution >= 4 is 41.0 Å². The van der Waals surface area contributed by atoms with E-state index in [4.69, 9.17) is 32.9 Å². The first-order valence-electron chi connectivity index (χ1n) is 15.6. The molecule has 2 aromatic heterocycles. The van der Waals surface area contributed by atoms with Gasteiger partial charge in [-0.15, -0.1) is 0 Å². The molecule has 10 nitrogen and oxygen atoms in total. The van der Waals surface area contributed by atoms with Gasteiger partial charge in [0, 0.05) is 74.3 Å². The fourth-order valence-electron chi connectivity index (χ4n) is 5.73. The van der Waals surface area contributed by atoms with Crippen molar-refractivity contribution in [1.29, 1.82) is 0 Å². The largest absolute Gasteiger partial charge is 0.436 e. The Bertz CT molecular complexity index is 1450. The summed E-state index contributed by atoms with van der Waals surface area (Å²) >= 11 is 12.7. The van der Waals surface area contributed by atoms with Gasteiger partial charge in [0.15, 0.2) is 5.75 Å². The zero-order valence-corrected chi connectivity index (χ0v) is 27.7. The maximum absolute atomic E-state index is 12.4. The highest BCUT2D eigenvalue weighted by Crippen LogP contribution is 2.31. The molecule has 1 aromatic carbocycles. The predicted molar refractivity (Wildman–Crippen MR) is 177 cm³/mol. The molecule has 2 fully saturated rings. The number of pyridine rings is 1. The topological polar surface area (TPSA) is 104 Å². The molecule has 2 aliphatic heterocycles. The van der Waals surface area contributed by atoms with Crippen molar-refractivity contribution in [1.82, 2.24) is 30.1 Å². The monoisotopic (exact) mass is 653 g/mol. The molecule has 5 rings (SSSR count). The van der Waals surface area contributed by atoms with Gasteiger partial charge in [-0.25, -0.2) is 15.0 Å². The van der Waals surface area contributed by atoms with Crippen LogP contribution in [0.1, 0.15) is 45.6 Å². The number of carbonyl (C=O) groups excluding carboxylic acids is 2. The van der Waals surface area contributed by atoms with Gasteiger partial charge in [-0.2, -0.15) is 0 Å². The molecule has 240 valence electrons. The molecule has 4 heterocycles. The molecule has 0 atom stereocenters. The average Bonchev–Trinajstić information content (AvgIpc) is 3.00. The van der Waals surface area contributed by atoms with E-state index in [-0.39, 0.29) is 11.8 Å². The van der Waals surface area contributed by atoms with Crippen LogP contribution in [0.4, 0.5) is 5.95 Å². The maximum Gasteiger partial charge on any atom is 0.225 e. The van der Waals surface area contributed by atoms with Gasteiger partial charge in [-0.3, -0.25) is 14.5 Å². The maximum atomic E-state index is 12.4. The fraction of sp³-hybridized carbons (Fsp3) is 0.485. The molecule has 2 amide bonds. The minimum Gasteiger partial charge on any atom is -0.436 e. The number of carbonyl (C=O) groups is 2. The summed E-state index contributed by atoms with van der Waals surface area (Å²) in [6.07, 6.45) is 5.94. The van der Waals surface area contributed by atoms with E-state index in [1.165, 1.54) is 0 Å². The molecule has 2 saturated heterocycles. The van der Waals surface area contributed by atoms with E-state index in [0.717, 1.165) is 50.1 Å². The van der Waals surface area contributed by atoms with Gasteiger partial charge in [-0.05, 0) is 67.6 Å². The molecular weight excluding hydrogens is 613 g/mol. The molecule has 0 saturated carbocycles. The van der Waals surface area contributed by atoms with Crippen LogP contribution < -0.4 is 15.0 Å². The summed E-state index contributed by atoms with van der Waals surface area (Å²) in [5.74, 6) is 2.57. The lowest BCUT2D eigenvalue weighted by Gasteiger charge is -2.35. The highest BCUT2D eigenvalue weighted by Gasteiger charge is 2.23. The lowest BCUT2D eigenvalue weighted by atomic mass is 9.96. The Balaban J connectivity index is 1.27. The highest BCUT2D eigenvalue weighted by atomic mass is 35.5. The van der Waals surface area contributed by atoms with Crippen LogP contribution in [0.25, 0.3) is 11.3 Å². The van der Waals surface area contributed by atoms with E-state index in [9.17, 15) is 9.59 Å². The molecule has 0 spiro atoms. The van der Waals surface area contributed by atoms with Crippen LogP contribution in [-0.2, 0) is 16.1 Å². The molecule has 3 aromatic rings. The van der Waals surface area contributed by atoms with Gasteiger partial charge in [0.1, 0.15) is 0 Å². The van der Waals surface area contributed by atoms with Gasteiger partial charge < -0.3 is 19.9 Å². The summed E-state index contributed by atoms with van der Waals surface area (Å²) in [4.78, 5) is 44.1. The Hall–Kier alpha value is -3.47. The SMILES string of the molecule is CC(=O)NCC1CCN(Cc2cc(Oc3cnc(N4CCN(C(=O)CC(C)C)CC4)nc3)nc(-c3cc(Cl)cc(Cl)c3)c2)CC1. The van der Waals surface area contributed by atoms with Crippen molar-refractivity contribution in [2.24, 2.45) is 11.8 Å². The van der Waals surface area contributed by atoms with Crippen molar-refractivity contribution in [3.63, 3.8) is 0 Å². The molecule has 0 unspecified atom stereocenters. The number of nitrogens with one attached hydrogen (secondary N) is 1. The van der Waals surface area contributed by atoms with Crippen LogP contribution in [0, 0.1) is 11.8 Å². The molecule has 0 aliphatic carbocycles.